The molecular formula is C13H19N3O3S. The van der Waals surface area contributed by atoms with Gasteiger partial charge in [0.1, 0.15) is 0 Å². The van der Waals surface area contributed by atoms with Crippen LogP contribution in [0.5, 0.6) is 0 Å². The molecule has 3 N–H and O–H groups in total. The molecule has 0 atom stereocenters. The lowest BCUT2D eigenvalue weighted by molar-refractivity contribution is 0.561. The Hall–Kier alpha value is -1.57. The smallest absolute Gasteiger partial charge is 0.242 e. The normalized spacial score (nSPS) is 11.9. The fraction of sp³-hybridized carbons (Fsp3) is 0.385. The Morgan fingerprint density at radius 2 is 2.25 bits per heavy atom. The van der Waals surface area contributed by atoms with Crippen molar-refractivity contribution in [2.45, 2.75) is 37.9 Å². The molecule has 110 valence electrons. The molecule has 2 rings (SSSR count). The molecule has 0 radical (unpaired) electrons. The van der Waals surface area contributed by atoms with E-state index in [0.717, 1.165) is 24.2 Å². The summed E-state index contributed by atoms with van der Waals surface area (Å²) in [6.07, 6.45) is 5.57. The molecule has 0 aliphatic carbocycles. The van der Waals surface area contributed by atoms with Crippen molar-refractivity contribution in [3.05, 3.63) is 42.1 Å². The predicted molar refractivity (Wildman–Crippen MR) is 75.3 cm³/mol. The molecule has 2 aromatic heterocycles. The van der Waals surface area contributed by atoms with Crippen LogP contribution in [0, 0.1) is 0 Å². The average Bonchev–Trinajstić information content (AvgIpc) is 3.06. The number of hydrogen-bond acceptors (Lipinski definition) is 4. The topological polar surface area (TPSA) is 90.3 Å². The van der Waals surface area contributed by atoms with Gasteiger partial charge in [-0.2, -0.15) is 0 Å². The Bertz CT molecular complexity index is 644. The summed E-state index contributed by atoms with van der Waals surface area (Å²) in [7, 11) is -3.53. The van der Waals surface area contributed by atoms with Gasteiger partial charge in [0.15, 0.2) is 0 Å². The second kappa shape index (κ2) is 6.25. The molecule has 7 heteroatoms. The first-order chi connectivity index (χ1) is 9.56. The highest BCUT2D eigenvalue weighted by Gasteiger charge is 2.17. The lowest BCUT2D eigenvalue weighted by Gasteiger charge is -2.04. The molecule has 0 saturated heterocycles. The maximum atomic E-state index is 12.2. The van der Waals surface area contributed by atoms with Gasteiger partial charge >= 0.3 is 0 Å². The number of hydrogen-bond donors (Lipinski definition) is 2. The lowest BCUT2D eigenvalue weighted by atomic mass is 10.4. The summed E-state index contributed by atoms with van der Waals surface area (Å²) in [6, 6.07) is 3.34. The van der Waals surface area contributed by atoms with Gasteiger partial charge in [-0.25, -0.2) is 13.1 Å². The van der Waals surface area contributed by atoms with E-state index in [9.17, 15) is 8.42 Å². The van der Waals surface area contributed by atoms with E-state index in [1.165, 1.54) is 12.5 Å². The minimum atomic E-state index is -3.53. The molecule has 2 aromatic rings. The summed E-state index contributed by atoms with van der Waals surface area (Å²) >= 11 is 0. The van der Waals surface area contributed by atoms with E-state index in [1.54, 1.807) is 18.3 Å². The summed E-state index contributed by atoms with van der Waals surface area (Å²) in [5.41, 5.74) is 7.23. The third-order valence-electron chi connectivity index (χ3n) is 2.99. The van der Waals surface area contributed by atoms with Crippen LogP contribution in [0.4, 0.5) is 0 Å². The number of furan rings is 1. The number of sulfonamides is 1. The maximum absolute atomic E-state index is 12.2. The summed E-state index contributed by atoms with van der Waals surface area (Å²) in [5, 5.41) is 0. The molecule has 6 nitrogen and oxygen atoms in total. The zero-order valence-corrected chi connectivity index (χ0v) is 12.2. The molecule has 0 unspecified atom stereocenters. The number of rotatable bonds is 7. The Balaban J connectivity index is 2.16. The maximum Gasteiger partial charge on any atom is 0.242 e. The SMILES string of the molecule is CCCn1cc(S(=O)(=O)NCc2ccoc2)cc1CN. The summed E-state index contributed by atoms with van der Waals surface area (Å²) in [5.74, 6) is 0. The zero-order valence-electron chi connectivity index (χ0n) is 11.4. The summed E-state index contributed by atoms with van der Waals surface area (Å²) in [6.45, 7) is 3.31. The van der Waals surface area contributed by atoms with Crippen LogP contribution >= 0.6 is 0 Å². The van der Waals surface area contributed by atoms with E-state index in [2.05, 4.69) is 4.72 Å². The van der Waals surface area contributed by atoms with Crippen molar-refractivity contribution >= 4 is 10.0 Å². The van der Waals surface area contributed by atoms with Gasteiger partial charge in [0.2, 0.25) is 10.0 Å². The van der Waals surface area contributed by atoms with Crippen LogP contribution in [0.2, 0.25) is 0 Å². The van der Waals surface area contributed by atoms with Gasteiger partial charge in [0.05, 0.1) is 17.4 Å². The molecular weight excluding hydrogens is 278 g/mol. The number of nitrogens with one attached hydrogen (secondary N) is 1. The Labute approximate surface area is 118 Å². The van der Waals surface area contributed by atoms with Gasteiger partial charge in [-0.05, 0) is 18.6 Å². The van der Waals surface area contributed by atoms with Crippen LogP contribution in [-0.4, -0.2) is 13.0 Å². The van der Waals surface area contributed by atoms with Crippen molar-refractivity contribution in [2.75, 3.05) is 0 Å². The van der Waals surface area contributed by atoms with Gasteiger partial charge in [-0.3, -0.25) is 0 Å². The minimum Gasteiger partial charge on any atom is -0.472 e. The van der Waals surface area contributed by atoms with Crippen molar-refractivity contribution in [3.63, 3.8) is 0 Å². The quantitative estimate of drug-likeness (QED) is 0.809. The van der Waals surface area contributed by atoms with E-state index < -0.39 is 10.0 Å². The Kier molecular flexibility index (Phi) is 4.64. The first-order valence-corrected chi connectivity index (χ1v) is 7.95. The highest BCUT2D eigenvalue weighted by molar-refractivity contribution is 7.89. The largest absolute Gasteiger partial charge is 0.472 e. The monoisotopic (exact) mass is 297 g/mol. The van der Waals surface area contributed by atoms with Crippen molar-refractivity contribution < 1.29 is 12.8 Å². The highest BCUT2D eigenvalue weighted by Crippen LogP contribution is 2.15. The molecule has 0 aliphatic heterocycles. The van der Waals surface area contributed by atoms with Gasteiger partial charge in [0.25, 0.3) is 0 Å². The average molecular weight is 297 g/mol. The molecule has 0 bridgehead atoms. The third kappa shape index (κ3) is 3.30. The summed E-state index contributed by atoms with van der Waals surface area (Å²) in [4.78, 5) is 0.245. The fourth-order valence-corrected chi connectivity index (χ4v) is 3.03. The van der Waals surface area contributed by atoms with Gasteiger partial charge < -0.3 is 14.7 Å². The van der Waals surface area contributed by atoms with Crippen molar-refractivity contribution in [3.8, 4) is 0 Å². The number of aromatic nitrogens is 1. The molecule has 0 aliphatic rings. The number of nitrogens with two attached hydrogens (primary N) is 1. The van der Waals surface area contributed by atoms with Gasteiger partial charge in [0, 0.05) is 37.1 Å². The molecule has 2 heterocycles. The van der Waals surface area contributed by atoms with Gasteiger partial charge in [-0.15, -0.1) is 0 Å². The van der Waals surface area contributed by atoms with Crippen LogP contribution < -0.4 is 10.5 Å². The second-order valence-corrected chi connectivity index (χ2v) is 6.29. The summed E-state index contributed by atoms with van der Waals surface area (Å²) < 4.78 is 33.8. The van der Waals surface area contributed by atoms with Crippen molar-refractivity contribution in [1.82, 2.24) is 9.29 Å². The van der Waals surface area contributed by atoms with E-state index in [-0.39, 0.29) is 11.4 Å². The van der Waals surface area contributed by atoms with Crippen molar-refractivity contribution in [1.29, 1.82) is 0 Å². The zero-order chi connectivity index (χ0) is 14.6. The Morgan fingerprint density at radius 1 is 1.45 bits per heavy atom. The molecule has 20 heavy (non-hydrogen) atoms. The number of nitrogens with zero attached hydrogens (tertiary/aromatic N) is 1. The third-order valence-corrected chi connectivity index (χ3v) is 4.36. The van der Waals surface area contributed by atoms with E-state index >= 15 is 0 Å². The predicted octanol–water partition coefficient (Wildman–Crippen LogP) is 1.43. The van der Waals surface area contributed by atoms with Gasteiger partial charge in [-0.1, -0.05) is 6.92 Å². The highest BCUT2D eigenvalue weighted by atomic mass is 32.2. The Morgan fingerprint density at radius 3 is 2.85 bits per heavy atom. The van der Waals surface area contributed by atoms with Crippen LogP contribution in [0.15, 0.2) is 40.2 Å². The molecule has 0 aromatic carbocycles. The van der Waals surface area contributed by atoms with Crippen molar-refractivity contribution in [2.24, 2.45) is 5.73 Å². The number of aryl methyl sites for hydroxylation is 1. The van der Waals surface area contributed by atoms with Crippen LogP contribution in [-0.2, 0) is 29.7 Å². The minimum absolute atomic E-state index is 0.204. The first kappa shape index (κ1) is 14.8. The van der Waals surface area contributed by atoms with Crippen LogP contribution in [0.1, 0.15) is 24.6 Å². The van der Waals surface area contributed by atoms with Crippen LogP contribution in [0.25, 0.3) is 0 Å². The molecule has 0 amide bonds. The van der Waals surface area contributed by atoms with E-state index in [1.807, 2.05) is 11.5 Å². The second-order valence-electron chi connectivity index (χ2n) is 4.52. The van der Waals surface area contributed by atoms with E-state index in [0.29, 0.717) is 6.54 Å². The lowest BCUT2D eigenvalue weighted by Crippen LogP contribution is -2.22. The molecule has 0 saturated carbocycles. The van der Waals surface area contributed by atoms with Crippen LogP contribution in [0.3, 0.4) is 0 Å². The standard InChI is InChI=1S/C13H19N3O3S/c1-2-4-16-9-13(6-12(16)7-14)20(17,18)15-8-11-3-5-19-10-11/h3,5-6,9-10,15H,2,4,7-8,14H2,1H3. The fourth-order valence-electron chi connectivity index (χ4n) is 1.95. The molecule has 0 fully saturated rings. The van der Waals surface area contributed by atoms with E-state index in [4.69, 9.17) is 10.2 Å². The molecule has 0 spiro atoms. The first-order valence-electron chi connectivity index (χ1n) is 6.46.